The molecule has 16 heavy (non-hydrogen) atoms. The van der Waals surface area contributed by atoms with Crippen LogP contribution in [-0.2, 0) is 4.74 Å². The van der Waals surface area contributed by atoms with Gasteiger partial charge in [-0.25, -0.2) is 4.79 Å². The Bertz CT molecular complexity index is 459. The molecule has 0 bridgehead atoms. The zero-order chi connectivity index (χ0) is 12.0. The number of rotatable bonds is 3. The van der Waals surface area contributed by atoms with Crippen molar-refractivity contribution < 1.29 is 9.53 Å². The Kier molecular flexibility index (Phi) is 4.10. The first-order valence-electron chi connectivity index (χ1n) is 4.70. The summed E-state index contributed by atoms with van der Waals surface area (Å²) < 4.78 is 4.64. The summed E-state index contributed by atoms with van der Waals surface area (Å²) in [4.78, 5) is 11.4. The molecule has 0 radical (unpaired) electrons. The summed E-state index contributed by atoms with van der Waals surface area (Å²) in [5.41, 5.74) is 7.18. The first-order chi connectivity index (χ1) is 7.69. The van der Waals surface area contributed by atoms with Crippen molar-refractivity contribution >= 4 is 17.7 Å². The molecule has 0 aliphatic rings. The van der Waals surface area contributed by atoms with E-state index in [1.807, 2.05) is 6.07 Å². The molecule has 0 aliphatic carbocycles. The predicted octanol–water partition coefficient (Wildman–Crippen LogP) is 1.98. The average molecular weight is 216 g/mol. The lowest BCUT2D eigenvalue weighted by atomic mass is 10.1. The van der Waals surface area contributed by atoms with Crippen molar-refractivity contribution in [1.29, 1.82) is 5.26 Å². The molecule has 0 saturated heterocycles. The average Bonchev–Trinajstić information content (AvgIpc) is 2.30. The highest BCUT2D eigenvalue weighted by Crippen LogP contribution is 2.16. The molecule has 0 heterocycles. The Labute approximate surface area is 93.9 Å². The molecule has 0 amide bonds. The van der Waals surface area contributed by atoms with Crippen molar-refractivity contribution in [3.8, 4) is 6.07 Å². The van der Waals surface area contributed by atoms with Gasteiger partial charge in [0.1, 0.15) is 0 Å². The summed E-state index contributed by atoms with van der Waals surface area (Å²) in [6.45, 7) is 0. The SMILES string of the molecule is COC(=O)c1cc(N)ccc1C=CCC#N. The van der Waals surface area contributed by atoms with Crippen LogP contribution in [0.2, 0.25) is 0 Å². The molecule has 0 spiro atoms. The van der Waals surface area contributed by atoms with Gasteiger partial charge in [0, 0.05) is 5.69 Å². The smallest absolute Gasteiger partial charge is 0.338 e. The van der Waals surface area contributed by atoms with Crippen molar-refractivity contribution in [2.45, 2.75) is 6.42 Å². The van der Waals surface area contributed by atoms with Gasteiger partial charge in [0.25, 0.3) is 0 Å². The van der Waals surface area contributed by atoms with Crippen molar-refractivity contribution in [1.82, 2.24) is 0 Å². The highest BCUT2D eigenvalue weighted by Gasteiger charge is 2.09. The van der Waals surface area contributed by atoms with Gasteiger partial charge in [0.05, 0.1) is 25.2 Å². The number of benzene rings is 1. The molecule has 82 valence electrons. The van der Waals surface area contributed by atoms with Gasteiger partial charge in [0.2, 0.25) is 0 Å². The third kappa shape index (κ3) is 2.85. The number of ether oxygens (including phenoxy) is 1. The first kappa shape index (κ1) is 11.8. The van der Waals surface area contributed by atoms with Crippen LogP contribution in [0.3, 0.4) is 0 Å². The normalized spacial score (nSPS) is 10.0. The van der Waals surface area contributed by atoms with Gasteiger partial charge in [-0.05, 0) is 17.7 Å². The highest BCUT2D eigenvalue weighted by atomic mass is 16.5. The molecule has 0 fully saturated rings. The lowest BCUT2D eigenvalue weighted by molar-refractivity contribution is 0.0600. The quantitative estimate of drug-likeness (QED) is 0.619. The van der Waals surface area contributed by atoms with Crippen molar-refractivity contribution in [3.63, 3.8) is 0 Å². The fourth-order valence-corrected chi connectivity index (χ4v) is 1.24. The van der Waals surface area contributed by atoms with E-state index >= 15 is 0 Å². The number of esters is 1. The van der Waals surface area contributed by atoms with Gasteiger partial charge in [-0.3, -0.25) is 0 Å². The summed E-state index contributed by atoms with van der Waals surface area (Å²) >= 11 is 0. The molecular formula is C12H12N2O2. The summed E-state index contributed by atoms with van der Waals surface area (Å²) in [5.74, 6) is -0.441. The zero-order valence-electron chi connectivity index (χ0n) is 8.93. The van der Waals surface area contributed by atoms with E-state index in [9.17, 15) is 4.79 Å². The Balaban J connectivity index is 3.08. The fourth-order valence-electron chi connectivity index (χ4n) is 1.24. The van der Waals surface area contributed by atoms with Crippen LogP contribution in [0, 0.1) is 11.3 Å². The van der Waals surface area contributed by atoms with E-state index in [2.05, 4.69) is 4.74 Å². The zero-order valence-corrected chi connectivity index (χ0v) is 8.93. The molecule has 0 aromatic heterocycles. The molecule has 4 heteroatoms. The van der Waals surface area contributed by atoms with E-state index < -0.39 is 5.97 Å². The number of methoxy groups -OCH3 is 1. The van der Waals surface area contributed by atoms with Crippen LogP contribution in [0.5, 0.6) is 0 Å². The lowest BCUT2D eigenvalue weighted by Crippen LogP contribution is -2.04. The first-order valence-corrected chi connectivity index (χ1v) is 4.70. The Morgan fingerprint density at radius 1 is 1.62 bits per heavy atom. The molecule has 0 atom stereocenters. The van der Waals surface area contributed by atoms with E-state index in [4.69, 9.17) is 11.0 Å². The van der Waals surface area contributed by atoms with E-state index in [1.165, 1.54) is 7.11 Å². The largest absolute Gasteiger partial charge is 0.465 e. The van der Waals surface area contributed by atoms with Crippen LogP contribution >= 0.6 is 0 Å². The predicted molar refractivity (Wildman–Crippen MR) is 61.5 cm³/mol. The number of nitrogen functional groups attached to an aromatic ring is 1. The van der Waals surface area contributed by atoms with Crippen LogP contribution in [0.4, 0.5) is 5.69 Å². The molecule has 0 unspecified atom stereocenters. The topological polar surface area (TPSA) is 76.1 Å². The standard InChI is InChI=1S/C12H12N2O2/c1-16-12(15)11-8-10(14)6-5-9(11)4-2-3-7-13/h2,4-6,8H,3,14H2,1H3. The van der Waals surface area contributed by atoms with E-state index in [0.717, 1.165) is 0 Å². The third-order valence-electron chi connectivity index (χ3n) is 1.99. The third-order valence-corrected chi connectivity index (χ3v) is 1.99. The van der Waals surface area contributed by atoms with Crippen LogP contribution < -0.4 is 5.73 Å². The van der Waals surface area contributed by atoms with Crippen LogP contribution in [-0.4, -0.2) is 13.1 Å². The summed E-state index contributed by atoms with van der Waals surface area (Å²) in [6, 6.07) is 6.95. The van der Waals surface area contributed by atoms with Crippen LogP contribution in [0.15, 0.2) is 24.3 Å². The maximum absolute atomic E-state index is 11.4. The minimum Gasteiger partial charge on any atom is -0.465 e. The molecule has 4 nitrogen and oxygen atoms in total. The van der Waals surface area contributed by atoms with E-state index in [-0.39, 0.29) is 0 Å². The lowest BCUT2D eigenvalue weighted by Gasteiger charge is -2.04. The Hall–Kier alpha value is -2.28. The Morgan fingerprint density at radius 2 is 2.38 bits per heavy atom. The highest BCUT2D eigenvalue weighted by molar-refractivity contribution is 5.94. The number of hydrogen-bond acceptors (Lipinski definition) is 4. The summed E-state index contributed by atoms with van der Waals surface area (Å²) in [5, 5.41) is 8.40. The monoisotopic (exact) mass is 216 g/mol. The van der Waals surface area contributed by atoms with Gasteiger partial charge in [-0.15, -0.1) is 0 Å². The number of anilines is 1. The second kappa shape index (κ2) is 5.56. The minimum atomic E-state index is -0.441. The summed E-state index contributed by atoms with van der Waals surface area (Å²) in [7, 11) is 1.31. The minimum absolute atomic E-state index is 0.297. The molecule has 0 saturated carbocycles. The molecule has 1 aromatic carbocycles. The summed E-state index contributed by atoms with van der Waals surface area (Å²) in [6.07, 6.45) is 3.68. The second-order valence-electron chi connectivity index (χ2n) is 3.10. The van der Waals surface area contributed by atoms with Gasteiger partial charge in [-0.1, -0.05) is 18.2 Å². The number of allylic oxidation sites excluding steroid dienone is 1. The van der Waals surface area contributed by atoms with Crippen LogP contribution in [0.25, 0.3) is 6.08 Å². The number of nitriles is 1. The number of nitrogens with two attached hydrogens (primary N) is 1. The van der Waals surface area contributed by atoms with E-state index in [1.54, 1.807) is 30.4 Å². The number of hydrogen-bond donors (Lipinski definition) is 1. The van der Waals surface area contributed by atoms with Gasteiger partial charge >= 0.3 is 5.97 Å². The van der Waals surface area contributed by atoms with Gasteiger partial charge in [0.15, 0.2) is 0 Å². The van der Waals surface area contributed by atoms with Crippen molar-refractivity contribution in [3.05, 3.63) is 35.4 Å². The molecule has 1 rings (SSSR count). The molecular weight excluding hydrogens is 204 g/mol. The number of carbonyl (C=O) groups excluding carboxylic acids is 1. The van der Waals surface area contributed by atoms with Crippen molar-refractivity contribution in [2.75, 3.05) is 12.8 Å². The number of carbonyl (C=O) groups is 1. The Morgan fingerprint density at radius 3 is 3.00 bits per heavy atom. The number of nitrogens with zero attached hydrogens (tertiary/aromatic N) is 1. The fraction of sp³-hybridized carbons (Fsp3) is 0.167. The van der Waals surface area contributed by atoms with Crippen molar-refractivity contribution in [2.24, 2.45) is 0 Å². The molecule has 2 N–H and O–H groups in total. The van der Waals surface area contributed by atoms with Gasteiger partial charge in [-0.2, -0.15) is 5.26 Å². The maximum atomic E-state index is 11.4. The van der Waals surface area contributed by atoms with Crippen LogP contribution in [0.1, 0.15) is 22.3 Å². The maximum Gasteiger partial charge on any atom is 0.338 e. The molecule has 0 aliphatic heterocycles. The second-order valence-corrected chi connectivity index (χ2v) is 3.10. The molecule has 1 aromatic rings. The van der Waals surface area contributed by atoms with E-state index in [0.29, 0.717) is 23.2 Å². The van der Waals surface area contributed by atoms with Gasteiger partial charge < -0.3 is 10.5 Å².